The van der Waals surface area contributed by atoms with Crippen LogP contribution in [-0.2, 0) is 11.3 Å². The average Bonchev–Trinajstić information content (AvgIpc) is 2.93. The molecule has 0 aromatic heterocycles. The third-order valence-electron chi connectivity index (χ3n) is 4.64. The zero-order valence-corrected chi connectivity index (χ0v) is 12.4. The lowest BCUT2D eigenvalue weighted by Gasteiger charge is -2.31. The van der Waals surface area contributed by atoms with Crippen molar-refractivity contribution in [1.29, 1.82) is 0 Å². The fourth-order valence-corrected chi connectivity index (χ4v) is 3.07. The Morgan fingerprint density at radius 3 is 2.80 bits per heavy atom. The summed E-state index contributed by atoms with van der Waals surface area (Å²) in [5.74, 6) is 0. The summed E-state index contributed by atoms with van der Waals surface area (Å²) in [5.41, 5.74) is 1.35. The smallest absolute Gasteiger partial charge is 0.0804 e. The van der Waals surface area contributed by atoms with Gasteiger partial charge >= 0.3 is 0 Å². The van der Waals surface area contributed by atoms with Crippen molar-refractivity contribution in [3.05, 3.63) is 48.0 Å². The summed E-state index contributed by atoms with van der Waals surface area (Å²) < 4.78 is 5.92. The van der Waals surface area contributed by atoms with Crippen molar-refractivity contribution in [1.82, 2.24) is 5.32 Å². The Hall–Kier alpha value is -1.38. The van der Waals surface area contributed by atoms with Crippen LogP contribution in [-0.4, -0.2) is 18.2 Å². The first-order valence-electron chi connectivity index (χ1n) is 7.53. The molecular weight excluding hydrogens is 246 g/mol. The number of benzene rings is 2. The number of hydrogen-bond donors (Lipinski definition) is 1. The van der Waals surface area contributed by atoms with E-state index in [1.54, 1.807) is 0 Å². The van der Waals surface area contributed by atoms with Crippen molar-refractivity contribution in [3.8, 4) is 0 Å². The highest BCUT2D eigenvalue weighted by Crippen LogP contribution is 2.29. The Morgan fingerprint density at radius 2 is 2.00 bits per heavy atom. The molecule has 0 amide bonds. The summed E-state index contributed by atoms with van der Waals surface area (Å²) >= 11 is 0. The minimum atomic E-state index is -0.00934. The molecule has 0 radical (unpaired) electrons. The molecule has 2 heteroatoms. The molecule has 1 aliphatic rings. The van der Waals surface area contributed by atoms with E-state index in [9.17, 15) is 0 Å². The van der Waals surface area contributed by atoms with Gasteiger partial charge in [0.2, 0.25) is 0 Å². The third kappa shape index (κ3) is 2.58. The minimum absolute atomic E-state index is 0.00934. The van der Waals surface area contributed by atoms with E-state index >= 15 is 0 Å². The van der Waals surface area contributed by atoms with Gasteiger partial charge in [-0.25, -0.2) is 0 Å². The molecular formula is C18H23NO. The molecule has 1 fully saturated rings. The molecule has 2 atom stereocenters. The van der Waals surface area contributed by atoms with Gasteiger partial charge in [-0.15, -0.1) is 0 Å². The van der Waals surface area contributed by atoms with E-state index < -0.39 is 0 Å². The van der Waals surface area contributed by atoms with E-state index in [4.69, 9.17) is 4.74 Å². The van der Waals surface area contributed by atoms with Crippen LogP contribution in [0.3, 0.4) is 0 Å². The fraction of sp³-hybridized carbons (Fsp3) is 0.444. The second kappa shape index (κ2) is 5.55. The molecule has 2 nitrogen and oxygen atoms in total. The van der Waals surface area contributed by atoms with Gasteiger partial charge in [0.15, 0.2) is 0 Å². The van der Waals surface area contributed by atoms with Gasteiger partial charge in [0.05, 0.1) is 5.60 Å². The summed E-state index contributed by atoms with van der Waals surface area (Å²) in [6.45, 7) is 6.25. The van der Waals surface area contributed by atoms with Crippen molar-refractivity contribution in [2.24, 2.45) is 0 Å². The topological polar surface area (TPSA) is 21.3 Å². The molecule has 20 heavy (non-hydrogen) atoms. The average molecular weight is 269 g/mol. The number of rotatable bonds is 4. The van der Waals surface area contributed by atoms with E-state index in [-0.39, 0.29) is 5.60 Å². The van der Waals surface area contributed by atoms with Gasteiger partial charge in [0, 0.05) is 19.2 Å². The van der Waals surface area contributed by atoms with Gasteiger partial charge in [-0.2, -0.15) is 0 Å². The van der Waals surface area contributed by atoms with Crippen molar-refractivity contribution in [2.45, 2.75) is 44.9 Å². The highest BCUT2D eigenvalue weighted by atomic mass is 16.5. The molecule has 2 aromatic rings. The zero-order chi connectivity index (χ0) is 14.0. The maximum Gasteiger partial charge on any atom is 0.0804 e. The van der Waals surface area contributed by atoms with Crippen LogP contribution in [0.5, 0.6) is 0 Å². The van der Waals surface area contributed by atoms with Gasteiger partial charge in [-0.1, -0.05) is 42.5 Å². The lowest BCUT2D eigenvalue weighted by molar-refractivity contribution is -0.00694. The monoisotopic (exact) mass is 269 g/mol. The third-order valence-corrected chi connectivity index (χ3v) is 4.64. The normalized spacial score (nSPS) is 24.1. The van der Waals surface area contributed by atoms with Crippen LogP contribution in [0.15, 0.2) is 42.5 Å². The number of fused-ring (bicyclic) bond motifs is 1. The maximum atomic E-state index is 5.92. The first-order valence-corrected chi connectivity index (χ1v) is 7.53. The molecule has 0 saturated carbocycles. The SMILES string of the molecule is C[C@@H](NCc1cccc2ccccc12)[C@]1(C)CCCO1. The Labute approximate surface area is 121 Å². The molecule has 106 valence electrons. The predicted molar refractivity (Wildman–Crippen MR) is 83.8 cm³/mol. The van der Waals surface area contributed by atoms with Gasteiger partial charge < -0.3 is 10.1 Å². The zero-order valence-electron chi connectivity index (χ0n) is 12.4. The van der Waals surface area contributed by atoms with Crippen LogP contribution in [0, 0.1) is 0 Å². The molecule has 2 aromatic carbocycles. The largest absolute Gasteiger partial charge is 0.374 e. The Bertz CT molecular complexity index is 581. The molecule has 1 aliphatic heterocycles. The number of ether oxygens (including phenoxy) is 1. The van der Waals surface area contributed by atoms with E-state index in [1.165, 1.54) is 22.8 Å². The van der Waals surface area contributed by atoms with Crippen LogP contribution < -0.4 is 5.32 Å². The van der Waals surface area contributed by atoms with Gasteiger partial charge in [0.1, 0.15) is 0 Å². The van der Waals surface area contributed by atoms with Gasteiger partial charge in [-0.05, 0) is 43.0 Å². The summed E-state index contributed by atoms with van der Waals surface area (Å²) in [6.07, 6.45) is 2.33. The maximum absolute atomic E-state index is 5.92. The van der Waals surface area contributed by atoms with Crippen molar-refractivity contribution >= 4 is 10.8 Å². The molecule has 3 rings (SSSR count). The van der Waals surface area contributed by atoms with Crippen molar-refractivity contribution in [2.75, 3.05) is 6.61 Å². The Morgan fingerprint density at radius 1 is 1.20 bits per heavy atom. The second-order valence-electron chi connectivity index (χ2n) is 6.01. The molecule has 0 aliphatic carbocycles. The van der Waals surface area contributed by atoms with Crippen LogP contribution in [0.25, 0.3) is 10.8 Å². The molecule has 1 N–H and O–H groups in total. The lowest BCUT2D eigenvalue weighted by Crippen LogP contribution is -2.46. The summed E-state index contributed by atoms with van der Waals surface area (Å²) in [7, 11) is 0. The molecule has 1 heterocycles. The molecule has 1 saturated heterocycles. The number of hydrogen-bond acceptors (Lipinski definition) is 2. The highest BCUT2D eigenvalue weighted by Gasteiger charge is 2.35. The highest BCUT2D eigenvalue weighted by molar-refractivity contribution is 5.85. The van der Waals surface area contributed by atoms with Crippen LogP contribution in [0.4, 0.5) is 0 Å². The summed E-state index contributed by atoms with van der Waals surface area (Å²) in [4.78, 5) is 0. The quantitative estimate of drug-likeness (QED) is 0.909. The molecule has 0 unspecified atom stereocenters. The summed E-state index contributed by atoms with van der Waals surface area (Å²) in [6, 6.07) is 15.5. The minimum Gasteiger partial charge on any atom is -0.374 e. The lowest BCUT2D eigenvalue weighted by atomic mass is 9.94. The fourth-order valence-electron chi connectivity index (χ4n) is 3.07. The number of nitrogens with one attached hydrogen (secondary N) is 1. The standard InChI is InChI=1S/C18H23NO/c1-14(18(2)11-6-12-20-18)19-13-16-9-5-8-15-7-3-4-10-17(15)16/h3-5,7-10,14,19H,6,11-13H2,1-2H3/t14-,18+/m1/s1. The van der Waals surface area contributed by atoms with Gasteiger partial charge in [0.25, 0.3) is 0 Å². The van der Waals surface area contributed by atoms with Crippen molar-refractivity contribution < 1.29 is 4.74 Å². The van der Waals surface area contributed by atoms with Crippen LogP contribution >= 0.6 is 0 Å². The van der Waals surface area contributed by atoms with Crippen LogP contribution in [0.1, 0.15) is 32.3 Å². The second-order valence-corrected chi connectivity index (χ2v) is 6.01. The first-order chi connectivity index (χ1) is 9.69. The molecule has 0 spiro atoms. The van der Waals surface area contributed by atoms with E-state index in [2.05, 4.69) is 61.6 Å². The van der Waals surface area contributed by atoms with Crippen molar-refractivity contribution in [3.63, 3.8) is 0 Å². The van der Waals surface area contributed by atoms with E-state index in [1.807, 2.05) is 0 Å². The Kier molecular flexibility index (Phi) is 3.77. The summed E-state index contributed by atoms with van der Waals surface area (Å²) in [5, 5.41) is 6.30. The van der Waals surface area contributed by atoms with E-state index in [0.29, 0.717) is 6.04 Å². The van der Waals surface area contributed by atoms with Gasteiger partial charge in [-0.3, -0.25) is 0 Å². The van der Waals surface area contributed by atoms with E-state index in [0.717, 1.165) is 19.6 Å². The molecule has 0 bridgehead atoms. The Balaban J connectivity index is 1.74. The van der Waals surface area contributed by atoms with Crippen LogP contribution in [0.2, 0.25) is 0 Å². The predicted octanol–water partition coefficient (Wildman–Crippen LogP) is 3.89. The first kappa shape index (κ1) is 13.6.